The Kier molecular flexibility index (Phi) is 5.00. The molecule has 0 bridgehead atoms. The van der Waals surface area contributed by atoms with Gasteiger partial charge in [-0.25, -0.2) is 4.98 Å². The number of rotatable bonds is 6. The van der Waals surface area contributed by atoms with E-state index in [2.05, 4.69) is 88.8 Å². The second-order valence-corrected chi connectivity index (χ2v) is 7.91. The van der Waals surface area contributed by atoms with Crippen LogP contribution in [0.15, 0.2) is 73.2 Å². The van der Waals surface area contributed by atoms with Gasteiger partial charge in [0.1, 0.15) is 5.82 Å². The maximum absolute atomic E-state index is 4.91. The van der Waals surface area contributed by atoms with Crippen molar-refractivity contribution < 1.29 is 0 Å². The van der Waals surface area contributed by atoms with Gasteiger partial charge in [0, 0.05) is 47.3 Å². The van der Waals surface area contributed by atoms with E-state index in [9.17, 15) is 0 Å². The lowest BCUT2D eigenvalue weighted by molar-refractivity contribution is 1.01. The molecule has 0 fully saturated rings. The average molecular weight is 408 g/mol. The molecule has 0 aliphatic carbocycles. The number of hydrogen-bond donors (Lipinski definition) is 3. The van der Waals surface area contributed by atoms with Crippen molar-refractivity contribution in [2.75, 3.05) is 11.9 Å². The first-order chi connectivity index (χ1) is 15.2. The number of fused-ring (bicyclic) bond motifs is 1. The van der Waals surface area contributed by atoms with Gasteiger partial charge in [-0.15, -0.1) is 0 Å². The number of nitrogens with one attached hydrogen (secondary N) is 3. The SMILES string of the molecule is Cc1cc(C)c(-c2cc(-c3cccnc3)cc(NCCc3c[nH]c4ccccc34)n2)[nH]1. The summed E-state index contributed by atoms with van der Waals surface area (Å²) in [5, 5.41) is 4.81. The van der Waals surface area contributed by atoms with E-state index in [1.807, 2.05) is 12.3 Å². The lowest BCUT2D eigenvalue weighted by atomic mass is 10.1. The molecule has 0 amide bonds. The Balaban J connectivity index is 1.44. The van der Waals surface area contributed by atoms with Crippen LogP contribution in [0.4, 0.5) is 5.82 Å². The number of anilines is 1. The van der Waals surface area contributed by atoms with E-state index < -0.39 is 0 Å². The fourth-order valence-electron chi connectivity index (χ4n) is 4.11. The summed E-state index contributed by atoms with van der Waals surface area (Å²) in [7, 11) is 0. The first-order valence-corrected chi connectivity index (χ1v) is 10.6. The molecule has 0 radical (unpaired) electrons. The zero-order chi connectivity index (χ0) is 21.2. The van der Waals surface area contributed by atoms with Crippen molar-refractivity contribution >= 4 is 16.7 Å². The van der Waals surface area contributed by atoms with E-state index in [0.29, 0.717) is 0 Å². The zero-order valence-electron chi connectivity index (χ0n) is 17.7. The Morgan fingerprint density at radius 1 is 0.968 bits per heavy atom. The van der Waals surface area contributed by atoms with Crippen molar-refractivity contribution in [2.45, 2.75) is 20.3 Å². The number of hydrogen-bond acceptors (Lipinski definition) is 3. The predicted molar refractivity (Wildman–Crippen MR) is 127 cm³/mol. The first-order valence-electron chi connectivity index (χ1n) is 10.6. The summed E-state index contributed by atoms with van der Waals surface area (Å²) in [5.41, 5.74) is 8.97. The summed E-state index contributed by atoms with van der Waals surface area (Å²) in [5.74, 6) is 0.864. The molecule has 0 saturated carbocycles. The predicted octanol–water partition coefficient (Wildman–Crippen LogP) is 5.89. The minimum absolute atomic E-state index is 0.799. The molecule has 4 heterocycles. The molecule has 3 N–H and O–H groups in total. The maximum atomic E-state index is 4.91. The van der Waals surface area contributed by atoms with Crippen molar-refractivity contribution in [3.8, 4) is 22.5 Å². The van der Waals surface area contributed by atoms with Crippen molar-refractivity contribution in [1.29, 1.82) is 0 Å². The average Bonchev–Trinajstić information content (AvgIpc) is 3.36. The van der Waals surface area contributed by atoms with Gasteiger partial charge in [-0.1, -0.05) is 24.3 Å². The van der Waals surface area contributed by atoms with E-state index in [-0.39, 0.29) is 0 Å². The van der Waals surface area contributed by atoms with E-state index in [1.54, 1.807) is 6.20 Å². The smallest absolute Gasteiger partial charge is 0.127 e. The number of aromatic amines is 2. The number of H-pyrrole nitrogens is 2. The molecule has 5 aromatic rings. The molecule has 4 aromatic heterocycles. The third kappa shape index (κ3) is 3.94. The van der Waals surface area contributed by atoms with E-state index in [1.165, 1.54) is 22.0 Å². The van der Waals surface area contributed by atoms with Crippen LogP contribution in [0.25, 0.3) is 33.4 Å². The quantitative estimate of drug-likeness (QED) is 0.329. The second kappa shape index (κ2) is 8.11. The molecule has 0 aliphatic rings. The summed E-state index contributed by atoms with van der Waals surface area (Å²) >= 11 is 0. The van der Waals surface area contributed by atoms with E-state index >= 15 is 0 Å². The molecule has 154 valence electrons. The molecule has 0 saturated heterocycles. The van der Waals surface area contributed by atoms with Gasteiger partial charge in [-0.3, -0.25) is 4.98 Å². The Labute approximate surface area is 181 Å². The van der Waals surface area contributed by atoms with Crippen molar-refractivity contribution in [2.24, 2.45) is 0 Å². The topological polar surface area (TPSA) is 69.4 Å². The zero-order valence-corrected chi connectivity index (χ0v) is 17.7. The van der Waals surface area contributed by atoms with E-state index in [4.69, 9.17) is 4.98 Å². The van der Waals surface area contributed by atoms with Crippen LogP contribution >= 0.6 is 0 Å². The largest absolute Gasteiger partial charge is 0.370 e. The lowest BCUT2D eigenvalue weighted by Crippen LogP contribution is -2.07. The van der Waals surface area contributed by atoms with Crippen molar-refractivity contribution in [3.63, 3.8) is 0 Å². The minimum Gasteiger partial charge on any atom is -0.370 e. The highest BCUT2D eigenvalue weighted by atomic mass is 15.0. The van der Waals surface area contributed by atoms with Gasteiger partial charge < -0.3 is 15.3 Å². The third-order valence-electron chi connectivity index (χ3n) is 5.60. The highest BCUT2D eigenvalue weighted by Gasteiger charge is 2.11. The molecule has 0 spiro atoms. The molecule has 5 heteroatoms. The third-order valence-corrected chi connectivity index (χ3v) is 5.60. The highest BCUT2D eigenvalue weighted by molar-refractivity contribution is 5.83. The Morgan fingerprint density at radius 3 is 2.68 bits per heavy atom. The number of nitrogens with zero attached hydrogens (tertiary/aromatic N) is 2. The molecule has 1 aromatic carbocycles. The van der Waals surface area contributed by atoms with Gasteiger partial charge in [0.25, 0.3) is 0 Å². The van der Waals surface area contributed by atoms with E-state index in [0.717, 1.165) is 47.0 Å². The Morgan fingerprint density at radius 2 is 1.87 bits per heavy atom. The standard InChI is InChI=1S/C26H25N5/c1-17-12-18(2)30-26(17)24-13-21(19-6-5-10-27-15-19)14-25(31-24)28-11-9-20-16-29-23-8-4-3-7-22(20)23/h3-8,10,12-16,29-30H,9,11H2,1-2H3,(H,28,31). The Hall–Kier alpha value is -3.86. The van der Waals surface area contributed by atoms with Crippen LogP contribution < -0.4 is 5.32 Å². The second-order valence-electron chi connectivity index (χ2n) is 7.91. The van der Waals surface area contributed by atoms with Gasteiger partial charge >= 0.3 is 0 Å². The van der Waals surface area contributed by atoms with Gasteiger partial charge in [-0.05, 0) is 67.3 Å². The normalized spacial score (nSPS) is 11.2. The number of aryl methyl sites for hydroxylation is 2. The van der Waals surface area contributed by atoms with Crippen LogP contribution in [0.5, 0.6) is 0 Å². The number of benzene rings is 1. The van der Waals surface area contributed by atoms with Gasteiger partial charge in [0.15, 0.2) is 0 Å². The summed E-state index contributed by atoms with van der Waals surface area (Å²) in [6.07, 6.45) is 6.70. The molecular formula is C26H25N5. The van der Waals surface area contributed by atoms with Crippen LogP contribution in [-0.2, 0) is 6.42 Å². The number of pyridine rings is 2. The molecular weight excluding hydrogens is 382 g/mol. The van der Waals surface area contributed by atoms with Crippen LogP contribution in [0.1, 0.15) is 16.8 Å². The molecule has 5 nitrogen and oxygen atoms in total. The lowest BCUT2D eigenvalue weighted by Gasteiger charge is -2.11. The molecule has 0 unspecified atom stereocenters. The summed E-state index contributed by atoms with van der Waals surface area (Å²) in [4.78, 5) is 16.0. The Bertz CT molecular complexity index is 1330. The summed E-state index contributed by atoms with van der Waals surface area (Å²) in [6, 6.07) is 18.8. The minimum atomic E-state index is 0.799. The van der Waals surface area contributed by atoms with Gasteiger partial charge in [0.2, 0.25) is 0 Å². The monoisotopic (exact) mass is 407 g/mol. The first kappa shape index (κ1) is 19.1. The molecule has 5 rings (SSSR count). The van der Waals surface area contributed by atoms with Crippen LogP contribution in [0, 0.1) is 13.8 Å². The van der Waals surface area contributed by atoms with Gasteiger partial charge in [0.05, 0.1) is 11.4 Å². The summed E-state index contributed by atoms with van der Waals surface area (Å²) in [6.45, 7) is 4.98. The maximum Gasteiger partial charge on any atom is 0.127 e. The highest BCUT2D eigenvalue weighted by Crippen LogP contribution is 2.29. The van der Waals surface area contributed by atoms with Gasteiger partial charge in [-0.2, -0.15) is 0 Å². The van der Waals surface area contributed by atoms with Crippen LogP contribution in [0.3, 0.4) is 0 Å². The number of para-hydroxylation sites is 1. The molecule has 31 heavy (non-hydrogen) atoms. The van der Waals surface area contributed by atoms with Crippen LogP contribution in [0.2, 0.25) is 0 Å². The van der Waals surface area contributed by atoms with Crippen LogP contribution in [-0.4, -0.2) is 26.5 Å². The van der Waals surface area contributed by atoms with Crippen molar-refractivity contribution in [3.05, 3.63) is 90.0 Å². The summed E-state index contributed by atoms with van der Waals surface area (Å²) < 4.78 is 0. The fourth-order valence-corrected chi connectivity index (χ4v) is 4.11. The fraction of sp³-hybridized carbons (Fsp3) is 0.154. The number of aromatic nitrogens is 4. The van der Waals surface area contributed by atoms with Crippen molar-refractivity contribution in [1.82, 2.24) is 19.9 Å². The molecule has 0 atom stereocenters. The molecule has 0 aliphatic heterocycles.